The van der Waals surface area contributed by atoms with Gasteiger partial charge in [-0.05, 0) is 35.5 Å². The van der Waals surface area contributed by atoms with Gasteiger partial charge in [-0.15, -0.1) is 5.10 Å². The summed E-state index contributed by atoms with van der Waals surface area (Å²) in [5, 5.41) is 12.6. The van der Waals surface area contributed by atoms with Gasteiger partial charge in [0.15, 0.2) is 0 Å². The number of nitrogens with zero attached hydrogens (tertiary/aromatic N) is 4. The second kappa shape index (κ2) is 6.65. The van der Waals surface area contributed by atoms with Gasteiger partial charge >= 0.3 is 0 Å². The van der Waals surface area contributed by atoms with E-state index in [0.717, 1.165) is 28.0 Å². The van der Waals surface area contributed by atoms with Crippen LogP contribution in [0, 0.1) is 6.92 Å². The van der Waals surface area contributed by atoms with E-state index in [0.29, 0.717) is 6.54 Å². The molecular weight excluding hydrogens is 300 g/mol. The fraction of sp³-hybridized carbons (Fsp3) is 0.267. The van der Waals surface area contributed by atoms with Crippen LogP contribution in [-0.2, 0) is 12.3 Å². The number of aromatic nitrogens is 4. The Labute approximate surface area is 132 Å². The van der Waals surface area contributed by atoms with Crippen molar-refractivity contribution in [1.82, 2.24) is 20.2 Å². The molecular formula is C15H16N4O2S. The number of hydrogen-bond acceptors (Lipinski definition) is 6. The molecule has 0 unspecified atom stereocenters. The highest BCUT2D eigenvalue weighted by Gasteiger charge is 2.11. The Morgan fingerprint density at radius 2 is 2.23 bits per heavy atom. The minimum atomic E-state index is 0.521. The van der Waals surface area contributed by atoms with Crippen LogP contribution >= 0.6 is 11.8 Å². The first-order chi connectivity index (χ1) is 10.8. The van der Waals surface area contributed by atoms with Gasteiger partial charge in [0.2, 0.25) is 5.16 Å². The summed E-state index contributed by atoms with van der Waals surface area (Å²) in [6.45, 7) is 2.59. The Balaban J connectivity index is 1.72. The van der Waals surface area contributed by atoms with Gasteiger partial charge in [0.25, 0.3) is 0 Å². The molecule has 0 aliphatic heterocycles. The van der Waals surface area contributed by atoms with Gasteiger partial charge in [-0.25, -0.2) is 4.68 Å². The van der Waals surface area contributed by atoms with Crippen molar-refractivity contribution in [2.45, 2.75) is 24.4 Å². The number of thioether (sulfide) groups is 1. The number of ether oxygens (including phenoxy) is 1. The maximum atomic E-state index is 5.40. The third-order valence-electron chi connectivity index (χ3n) is 3.18. The molecule has 3 rings (SSSR count). The van der Waals surface area contributed by atoms with Gasteiger partial charge in [-0.3, -0.25) is 0 Å². The van der Waals surface area contributed by atoms with E-state index < -0.39 is 0 Å². The zero-order valence-corrected chi connectivity index (χ0v) is 13.2. The van der Waals surface area contributed by atoms with Crippen LogP contribution in [0.1, 0.15) is 16.9 Å². The van der Waals surface area contributed by atoms with E-state index in [1.165, 1.54) is 5.56 Å². The van der Waals surface area contributed by atoms with Crippen LogP contribution in [0.4, 0.5) is 0 Å². The van der Waals surface area contributed by atoms with Crippen molar-refractivity contribution in [3.05, 3.63) is 53.5 Å². The van der Waals surface area contributed by atoms with Gasteiger partial charge in [0, 0.05) is 11.3 Å². The molecule has 3 aromatic rings. The Morgan fingerprint density at radius 3 is 3.00 bits per heavy atom. The van der Waals surface area contributed by atoms with E-state index in [9.17, 15) is 0 Å². The Hall–Kier alpha value is -2.28. The highest BCUT2D eigenvalue weighted by atomic mass is 32.2. The predicted molar refractivity (Wildman–Crippen MR) is 82.9 cm³/mol. The standard InChI is InChI=1S/C15H16N4O2S/c1-11-5-6-14(20-2)12(8-11)10-22-15-16-17-18-19(15)9-13-4-3-7-21-13/h3-8H,9-10H2,1-2H3. The van der Waals surface area contributed by atoms with Crippen LogP contribution < -0.4 is 4.74 Å². The van der Waals surface area contributed by atoms with Crippen LogP contribution in [-0.4, -0.2) is 27.3 Å². The van der Waals surface area contributed by atoms with E-state index in [2.05, 4.69) is 28.5 Å². The van der Waals surface area contributed by atoms with Crippen molar-refractivity contribution in [1.29, 1.82) is 0 Å². The molecule has 0 aliphatic carbocycles. The van der Waals surface area contributed by atoms with Gasteiger partial charge in [0.05, 0.1) is 13.4 Å². The quantitative estimate of drug-likeness (QED) is 0.651. The van der Waals surface area contributed by atoms with Crippen molar-refractivity contribution in [2.75, 3.05) is 7.11 Å². The molecule has 22 heavy (non-hydrogen) atoms. The summed E-state index contributed by atoms with van der Waals surface area (Å²) in [5.74, 6) is 2.44. The van der Waals surface area contributed by atoms with Gasteiger partial charge < -0.3 is 9.15 Å². The summed E-state index contributed by atoms with van der Waals surface area (Å²) in [6.07, 6.45) is 1.64. The average molecular weight is 316 g/mol. The molecule has 0 atom stereocenters. The number of methoxy groups -OCH3 is 1. The molecule has 0 bridgehead atoms. The van der Waals surface area contributed by atoms with Crippen LogP contribution in [0.15, 0.2) is 46.2 Å². The first-order valence-electron chi connectivity index (χ1n) is 6.81. The fourth-order valence-electron chi connectivity index (χ4n) is 2.11. The number of aryl methyl sites for hydroxylation is 1. The molecule has 0 amide bonds. The second-order valence-electron chi connectivity index (χ2n) is 4.80. The van der Waals surface area contributed by atoms with Crippen molar-refractivity contribution >= 4 is 11.8 Å². The minimum absolute atomic E-state index is 0.521. The lowest BCUT2D eigenvalue weighted by atomic mass is 10.1. The molecule has 6 nitrogen and oxygen atoms in total. The van der Waals surface area contributed by atoms with E-state index >= 15 is 0 Å². The van der Waals surface area contributed by atoms with E-state index in [-0.39, 0.29) is 0 Å². The van der Waals surface area contributed by atoms with Crippen LogP contribution in [0.3, 0.4) is 0 Å². The van der Waals surface area contributed by atoms with Crippen LogP contribution in [0.5, 0.6) is 5.75 Å². The van der Waals surface area contributed by atoms with Crippen molar-refractivity contribution in [3.8, 4) is 5.75 Å². The van der Waals surface area contributed by atoms with Gasteiger partial charge in [0.1, 0.15) is 18.1 Å². The summed E-state index contributed by atoms with van der Waals surface area (Å²) in [5.41, 5.74) is 2.33. The van der Waals surface area contributed by atoms with Gasteiger partial charge in [-0.2, -0.15) is 0 Å². The van der Waals surface area contributed by atoms with Crippen LogP contribution in [0.2, 0.25) is 0 Å². The number of rotatable bonds is 6. The Kier molecular flexibility index (Phi) is 4.43. The molecule has 1 aromatic carbocycles. The van der Waals surface area contributed by atoms with E-state index in [4.69, 9.17) is 9.15 Å². The summed E-state index contributed by atoms with van der Waals surface area (Å²) >= 11 is 1.57. The zero-order chi connectivity index (χ0) is 15.4. The number of hydrogen-bond donors (Lipinski definition) is 0. The lowest BCUT2D eigenvalue weighted by molar-refractivity contribution is 0.411. The first-order valence-corrected chi connectivity index (χ1v) is 7.79. The van der Waals surface area contributed by atoms with Crippen molar-refractivity contribution in [3.63, 3.8) is 0 Å². The van der Waals surface area contributed by atoms with E-state index in [1.54, 1.807) is 29.8 Å². The fourth-order valence-corrected chi connectivity index (χ4v) is 2.97. The largest absolute Gasteiger partial charge is 0.496 e. The molecule has 0 aliphatic rings. The number of benzene rings is 1. The summed E-state index contributed by atoms with van der Waals surface area (Å²) in [4.78, 5) is 0. The Bertz CT molecular complexity index is 740. The molecule has 114 valence electrons. The van der Waals surface area contributed by atoms with Gasteiger partial charge in [-0.1, -0.05) is 29.5 Å². The number of tetrazole rings is 1. The summed E-state index contributed by atoms with van der Waals surface area (Å²) < 4.78 is 12.5. The second-order valence-corrected chi connectivity index (χ2v) is 5.74. The zero-order valence-electron chi connectivity index (χ0n) is 12.4. The summed E-state index contributed by atoms with van der Waals surface area (Å²) in [7, 11) is 1.68. The maximum Gasteiger partial charge on any atom is 0.210 e. The molecule has 0 saturated carbocycles. The highest BCUT2D eigenvalue weighted by Crippen LogP contribution is 2.27. The van der Waals surface area contributed by atoms with Crippen molar-refractivity contribution < 1.29 is 9.15 Å². The lowest BCUT2D eigenvalue weighted by Gasteiger charge is -2.09. The normalized spacial score (nSPS) is 10.8. The molecule has 0 spiro atoms. The molecule has 2 heterocycles. The first kappa shape index (κ1) is 14.6. The lowest BCUT2D eigenvalue weighted by Crippen LogP contribution is -2.03. The maximum absolute atomic E-state index is 5.40. The molecule has 0 saturated heterocycles. The Morgan fingerprint density at radius 1 is 1.32 bits per heavy atom. The molecule has 7 heteroatoms. The monoisotopic (exact) mass is 316 g/mol. The predicted octanol–water partition coefficient (Wildman–Crippen LogP) is 2.92. The van der Waals surface area contributed by atoms with Crippen LogP contribution in [0.25, 0.3) is 0 Å². The minimum Gasteiger partial charge on any atom is -0.496 e. The molecule has 0 radical (unpaired) electrons. The third-order valence-corrected chi connectivity index (χ3v) is 4.18. The SMILES string of the molecule is COc1ccc(C)cc1CSc1nnnn1Cc1ccco1. The molecule has 0 N–H and O–H groups in total. The van der Waals surface area contributed by atoms with Crippen molar-refractivity contribution in [2.24, 2.45) is 0 Å². The average Bonchev–Trinajstić information content (AvgIpc) is 3.18. The topological polar surface area (TPSA) is 66.0 Å². The summed E-state index contributed by atoms with van der Waals surface area (Å²) in [6, 6.07) is 9.89. The molecule has 0 fully saturated rings. The number of furan rings is 1. The van der Waals surface area contributed by atoms with E-state index in [1.807, 2.05) is 24.3 Å². The smallest absolute Gasteiger partial charge is 0.210 e. The highest BCUT2D eigenvalue weighted by molar-refractivity contribution is 7.98. The molecule has 2 aromatic heterocycles. The third kappa shape index (κ3) is 3.30.